The normalized spacial score (nSPS) is 10.8. The van der Waals surface area contributed by atoms with E-state index in [0.29, 0.717) is 39.2 Å². The lowest BCUT2D eigenvalue weighted by atomic mass is 10.1. The third-order valence-corrected chi connectivity index (χ3v) is 5.17. The summed E-state index contributed by atoms with van der Waals surface area (Å²) in [4.78, 5) is 16.9. The standard InChI is InChI=1S/C22H15Cl2FN4O/c23-18-6-5-17(11-19(18)24)29-21(22(30)27-13-14-7-9-26-10-8-14)12-20(28-29)15-1-3-16(25)4-2-15/h1-12H,13H2,(H,27,30). The highest BCUT2D eigenvalue weighted by Gasteiger charge is 2.18. The number of rotatable bonds is 5. The fourth-order valence-electron chi connectivity index (χ4n) is 2.89. The van der Waals surface area contributed by atoms with Crippen LogP contribution in [0.4, 0.5) is 4.39 Å². The van der Waals surface area contributed by atoms with Gasteiger partial charge in [0.1, 0.15) is 11.5 Å². The first-order valence-corrected chi connectivity index (χ1v) is 9.75. The maximum atomic E-state index is 13.3. The molecular formula is C22H15Cl2FN4O. The van der Waals surface area contributed by atoms with Crippen molar-refractivity contribution in [2.75, 3.05) is 0 Å². The largest absolute Gasteiger partial charge is 0.347 e. The Morgan fingerprint density at radius 1 is 0.967 bits per heavy atom. The van der Waals surface area contributed by atoms with Crippen LogP contribution in [0.3, 0.4) is 0 Å². The van der Waals surface area contributed by atoms with Crippen LogP contribution in [0.5, 0.6) is 0 Å². The van der Waals surface area contributed by atoms with Crippen molar-refractivity contribution in [2.45, 2.75) is 6.54 Å². The third kappa shape index (κ3) is 4.35. The van der Waals surface area contributed by atoms with Gasteiger partial charge in [0.15, 0.2) is 0 Å². The minimum Gasteiger partial charge on any atom is -0.347 e. The summed E-state index contributed by atoms with van der Waals surface area (Å²) in [6, 6.07) is 16.2. The molecule has 0 atom stereocenters. The number of benzene rings is 2. The zero-order valence-corrected chi connectivity index (χ0v) is 17.0. The number of pyridine rings is 1. The number of carbonyl (C=O) groups is 1. The predicted octanol–water partition coefficient (Wildman–Crippen LogP) is 5.31. The van der Waals surface area contributed by atoms with Gasteiger partial charge in [-0.2, -0.15) is 5.10 Å². The molecule has 1 N–H and O–H groups in total. The minimum atomic E-state index is -0.349. The van der Waals surface area contributed by atoms with Crippen molar-refractivity contribution in [2.24, 2.45) is 0 Å². The molecule has 8 heteroatoms. The van der Waals surface area contributed by atoms with Crippen molar-refractivity contribution in [3.05, 3.63) is 100 Å². The third-order valence-electron chi connectivity index (χ3n) is 4.43. The SMILES string of the molecule is O=C(NCc1ccncc1)c1cc(-c2ccc(F)cc2)nn1-c1ccc(Cl)c(Cl)c1. The molecule has 0 fully saturated rings. The van der Waals surface area contributed by atoms with Crippen molar-refractivity contribution in [1.29, 1.82) is 0 Å². The molecule has 5 nitrogen and oxygen atoms in total. The van der Waals surface area contributed by atoms with Gasteiger partial charge in [0.25, 0.3) is 5.91 Å². The quantitative estimate of drug-likeness (QED) is 0.457. The van der Waals surface area contributed by atoms with Crippen molar-refractivity contribution < 1.29 is 9.18 Å². The Balaban J connectivity index is 1.71. The van der Waals surface area contributed by atoms with Crippen LogP contribution in [-0.2, 0) is 6.54 Å². The molecule has 2 aromatic heterocycles. The Labute approximate surface area is 182 Å². The van der Waals surface area contributed by atoms with Crippen molar-refractivity contribution in [3.8, 4) is 16.9 Å². The number of aromatic nitrogens is 3. The minimum absolute atomic E-state index is 0.307. The van der Waals surface area contributed by atoms with E-state index >= 15 is 0 Å². The molecule has 1 amide bonds. The van der Waals surface area contributed by atoms with Crippen LogP contribution in [0.1, 0.15) is 16.1 Å². The highest BCUT2D eigenvalue weighted by Crippen LogP contribution is 2.27. The molecule has 150 valence electrons. The zero-order chi connectivity index (χ0) is 21.1. The maximum absolute atomic E-state index is 13.3. The second kappa shape index (κ2) is 8.65. The molecule has 2 aromatic carbocycles. The van der Waals surface area contributed by atoms with Crippen LogP contribution in [0.25, 0.3) is 16.9 Å². The topological polar surface area (TPSA) is 59.8 Å². The molecule has 0 aliphatic carbocycles. The van der Waals surface area contributed by atoms with Crippen LogP contribution >= 0.6 is 23.2 Å². The van der Waals surface area contributed by atoms with E-state index in [9.17, 15) is 9.18 Å². The van der Waals surface area contributed by atoms with Gasteiger partial charge in [-0.05, 0) is 66.2 Å². The molecule has 0 radical (unpaired) electrons. The Hall–Kier alpha value is -3.22. The van der Waals surface area contributed by atoms with Crippen molar-refractivity contribution in [3.63, 3.8) is 0 Å². The number of amides is 1. The van der Waals surface area contributed by atoms with Crippen LogP contribution in [-0.4, -0.2) is 20.7 Å². The molecule has 0 bridgehead atoms. The molecule has 0 unspecified atom stereocenters. The second-order valence-electron chi connectivity index (χ2n) is 6.47. The smallest absolute Gasteiger partial charge is 0.270 e. The summed E-state index contributed by atoms with van der Waals surface area (Å²) in [5.74, 6) is -0.670. The highest BCUT2D eigenvalue weighted by molar-refractivity contribution is 6.42. The van der Waals surface area contributed by atoms with Gasteiger partial charge in [-0.3, -0.25) is 9.78 Å². The molecule has 4 aromatic rings. The molecular weight excluding hydrogens is 426 g/mol. The number of hydrogen-bond acceptors (Lipinski definition) is 3. The summed E-state index contributed by atoms with van der Waals surface area (Å²) in [5, 5.41) is 8.17. The van der Waals surface area contributed by atoms with E-state index in [2.05, 4.69) is 15.4 Å². The van der Waals surface area contributed by atoms with Crippen molar-refractivity contribution >= 4 is 29.1 Å². The number of halogens is 3. The number of nitrogens with zero attached hydrogens (tertiary/aromatic N) is 3. The molecule has 0 aliphatic heterocycles. The van der Waals surface area contributed by atoms with Crippen LogP contribution in [0.2, 0.25) is 10.0 Å². The molecule has 0 aliphatic rings. The molecule has 0 saturated carbocycles. The summed E-state index contributed by atoms with van der Waals surface area (Å²) < 4.78 is 14.8. The first kappa shape index (κ1) is 20.1. The lowest BCUT2D eigenvalue weighted by molar-refractivity contribution is 0.0943. The second-order valence-corrected chi connectivity index (χ2v) is 7.28. The van der Waals surface area contributed by atoms with Gasteiger partial charge in [0, 0.05) is 24.5 Å². The summed E-state index contributed by atoms with van der Waals surface area (Å²) in [6.07, 6.45) is 3.32. The average Bonchev–Trinajstić information content (AvgIpc) is 3.21. The molecule has 30 heavy (non-hydrogen) atoms. The summed E-state index contributed by atoms with van der Waals surface area (Å²) >= 11 is 12.2. The summed E-state index contributed by atoms with van der Waals surface area (Å²) in [7, 11) is 0. The number of nitrogens with one attached hydrogen (secondary N) is 1. The first-order chi connectivity index (χ1) is 14.5. The first-order valence-electron chi connectivity index (χ1n) is 9.00. The lowest BCUT2D eigenvalue weighted by Gasteiger charge is -2.09. The Morgan fingerprint density at radius 3 is 2.40 bits per heavy atom. The van der Waals surface area contributed by atoms with Gasteiger partial charge in [0.2, 0.25) is 0 Å². The van der Waals surface area contributed by atoms with Gasteiger partial charge in [-0.1, -0.05) is 23.2 Å². The highest BCUT2D eigenvalue weighted by atomic mass is 35.5. The van der Waals surface area contributed by atoms with Crippen LogP contribution in [0.15, 0.2) is 73.1 Å². The lowest BCUT2D eigenvalue weighted by Crippen LogP contribution is -2.25. The van der Waals surface area contributed by atoms with E-state index in [4.69, 9.17) is 23.2 Å². The zero-order valence-electron chi connectivity index (χ0n) is 15.5. The van der Waals surface area contributed by atoms with Gasteiger partial charge in [0.05, 0.1) is 21.4 Å². The number of hydrogen-bond donors (Lipinski definition) is 1. The molecule has 4 rings (SSSR count). The fraction of sp³-hybridized carbons (Fsp3) is 0.0455. The van der Waals surface area contributed by atoms with E-state index in [1.54, 1.807) is 48.8 Å². The van der Waals surface area contributed by atoms with E-state index in [0.717, 1.165) is 5.56 Å². The maximum Gasteiger partial charge on any atom is 0.270 e. The Bertz CT molecular complexity index is 1190. The average molecular weight is 441 g/mol. The number of carbonyl (C=O) groups excluding carboxylic acids is 1. The van der Waals surface area contributed by atoms with E-state index in [1.807, 2.05) is 12.1 Å². The fourth-order valence-corrected chi connectivity index (χ4v) is 3.18. The van der Waals surface area contributed by atoms with Crippen LogP contribution in [0, 0.1) is 5.82 Å². The van der Waals surface area contributed by atoms with E-state index in [-0.39, 0.29) is 11.7 Å². The Morgan fingerprint density at radius 2 is 1.70 bits per heavy atom. The van der Waals surface area contributed by atoms with Gasteiger partial charge in [-0.25, -0.2) is 9.07 Å². The summed E-state index contributed by atoms with van der Waals surface area (Å²) in [6.45, 7) is 0.333. The van der Waals surface area contributed by atoms with Gasteiger partial charge in [-0.15, -0.1) is 0 Å². The van der Waals surface area contributed by atoms with Gasteiger partial charge >= 0.3 is 0 Å². The van der Waals surface area contributed by atoms with E-state index < -0.39 is 0 Å². The molecule has 2 heterocycles. The predicted molar refractivity (Wildman–Crippen MR) is 114 cm³/mol. The van der Waals surface area contributed by atoms with Gasteiger partial charge < -0.3 is 5.32 Å². The molecule has 0 spiro atoms. The summed E-state index contributed by atoms with van der Waals surface area (Å²) in [5.41, 5.74) is 3.00. The monoisotopic (exact) mass is 440 g/mol. The van der Waals surface area contributed by atoms with Crippen molar-refractivity contribution in [1.82, 2.24) is 20.1 Å². The van der Waals surface area contributed by atoms with E-state index in [1.165, 1.54) is 16.8 Å². The Kier molecular flexibility index (Phi) is 5.79. The molecule has 0 saturated heterocycles. The van der Waals surface area contributed by atoms with Crippen LogP contribution < -0.4 is 5.32 Å².